The Bertz CT molecular complexity index is 1170. The lowest BCUT2D eigenvalue weighted by atomic mass is 10.1. The van der Waals surface area contributed by atoms with Crippen LogP contribution in [0, 0.1) is 0 Å². The molecular weight excluding hydrogens is 390 g/mol. The number of nitrogens with one attached hydrogen (secondary N) is 2. The highest BCUT2D eigenvalue weighted by molar-refractivity contribution is 7.90. The highest BCUT2D eigenvalue weighted by Gasteiger charge is 2.27. The molecule has 1 aromatic heterocycles. The van der Waals surface area contributed by atoms with Gasteiger partial charge in [-0.15, -0.1) is 0 Å². The van der Waals surface area contributed by atoms with E-state index in [1.807, 2.05) is 0 Å². The quantitative estimate of drug-likeness (QED) is 0.688. The second-order valence-corrected chi connectivity index (χ2v) is 8.80. The zero-order valence-electron chi connectivity index (χ0n) is 15.7. The Labute approximate surface area is 168 Å². The van der Waals surface area contributed by atoms with Crippen molar-refractivity contribution in [1.82, 2.24) is 14.6 Å². The van der Waals surface area contributed by atoms with Gasteiger partial charge in [0.05, 0.1) is 16.0 Å². The van der Waals surface area contributed by atoms with Crippen LogP contribution in [-0.4, -0.2) is 36.8 Å². The highest BCUT2D eigenvalue weighted by atomic mass is 32.2. The zero-order valence-corrected chi connectivity index (χ0v) is 16.5. The van der Waals surface area contributed by atoms with E-state index in [2.05, 4.69) is 10.6 Å². The zero-order chi connectivity index (χ0) is 20.4. The molecule has 0 spiro atoms. The summed E-state index contributed by atoms with van der Waals surface area (Å²) in [6.45, 7) is 0.597. The third kappa shape index (κ3) is 3.63. The monoisotopic (exact) mass is 411 g/mol. The van der Waals surface area contributed by atoms with Crippen LogP contribution in [0.25, 0.3) is 10.9 Å². The molecule has 1 saturated heterocycles. The van der Waals surface area contributed by atoms with Crippen LogP contribution in [0.3, 0.4) is 0 Å². The van der Waals surface area contributed by atoms with E-state index in [9.17, 15) is 18.0 Å². The van der Waals surface area contributed by atoms with Gasteiger partial charge >= 0.3 is 0 Å². The summed E-state index contributed by atoms with van der Waals surface area (Å²) in [5, 5.41) is 6.06. The van der Waals surface area contributed by atoms with E-state index in [1.54, 1.807) is 42.5 Å². The van der Waals surface area contributed by atoms with Gasteiger partial charge < -0.3 is 10.6 Å². The molecule has 1 aliphatic heterocycles. The van der Waals surface area contributed by atoms with E-state index in [-0.39, 0.29) is 16.4 Å². The maximum absolute atomic E-state index is 13.1. The number of hydrogen-bond acceptors (Lipinski definition) is 4. The summed E-state index contributed by atoms with van der Waals surface area (Å²) < 4.78 is 27.4. The lowest BCUT2D eigenvalue weighted by Gasteiger charge is -2.14. The van der Waals surface area contributed by atoms with Crippen molar-refractivity contribution in [1.29, 1.82) is 0 Å². The van der Waals surface area contributed by atoms with Crippen LogP contribution in [0.5, 0.6) is 0 Å². The minimum Gasteiger partial charge on any atom is -0.354 e. The van der Waals surface area contributed by atoms with Crippen molar-refractivity contribution in [3.8, 4) is 0 Å². The molecule has 1 fully saturated rings. The highest BCUT2D eigenvalue weighted by Crippen LogP contribution is 2.26. The van der Waals surface area contributed by atoms with Crippen LogP contribution in [0.4, 0.5) is 0 Å². The third-order valence-corrected chi connectivity index (χ3v) is 6.75. The van der Waals surface area contributed by atoms with Gasteiger partial charge in [0, 0.05) is 18.1 Å². The standard InChI is InChI=1S/C21H21N3O4S/c25-20(23-18-11-6-7-13-22-21(18)26)17-14-24(19-12-5-4-10-16(17)19)29(27,28)15-8-2-1-3-9-15/h1-5,8-10,12,14,18H,6-7,11,13H2,(H,22,26)(H,23,25)/t18-/m1/s1. The average molecular weight is 411 g/mol. The average Bonchev–Trinajstić information content (AvgIpc) is 3.02. The van der Waals surface area contributed by atoms with E-state index < -0.39 is 22.0 Å². The number of fused-ring (bicyclic) bond motifs is 1. The first kappa shape index (κ1) is 19.2. The van der Waals surface area contributed by atoms with Gasteiger partial charge in [0.1, 0.15) is 6.04 Å². The van der Waals surface area contributed by atoms with E-state index in [0.29, 0.717) is 23.9 Å². The molecule has 150 valence electrons. The number of para-hydroxylation sites is 1. The van der Waals surface area contributed by atoms with Gasteiger partial charge in [0.25, 0.3) is 15.9 Å². The maximum Gasteiger partial charge on any atom is 0.268 e. The minimum atomic E-state index is -3.87. The number of hydrogen-bond donors (Lipinski definition) is 2. The second-order valence-electron chi connectivity index (χ2n) is 6.99. The molecule has 0 aliphatic carbocycles. The SMILES string of the molecule is O=C(N[C@@H]1CCCCNC1=O)c1cn(S(=O)(=O)c2ccccc2)c2ccccc12. The van der Waals surface area contributed by atoms with E-state index >= 15 is 0 Å². The number of amides is 2. The van der Waals surface area contributed by atoms with Crippen molar-refractivity contribution in [2.45, 2.75) is 30.2 Å². The topological polar surface area (TPSA) is 97.3 Å². The Kier molecular flexibility index (Phi) is 5.10. The van der Waals surface area contributed by atoms with Gasteiger partial charge in [-0.05, 0) is 37.5 Å². The fourth-order valence-electron chi connectivity index (χ4n) is 3.55. The first-order valence-electron chi connectivity index (χ1n) is 9.48. The number of nitrogens with zero attached hydrogens (tertiary/aromatic N) is 1. The number of carbonyl (C=O) groups is 2. The van der Waals surface area contributed by atoms with Crippen molar-refractivity contribution in [3.05, 3.63) is 66.4 Å². The first-order chi connectivity index (χ1) is 14.0. The molecule has 0 unspecified atom stereocenters. The molecule has 0 bridgehead atoms. The molecule has 1 aliphatic rings. The van der Waals surface area contributed by atoms with Crippen LogP contribution in [0.15, 0.2) is 65.7 Å². The van der Waals surface area contributed by atoms with Gasteiger partial charge in [0.2, 0.25) is 5.91 Å². The predicted molar refractivity (Wildman–Crippen MR) is 109 cm³/mol. The van der Waals surface area contributed by atoms with Crippen molar-refractivity contribution < 1.29 is 18.0 Å². The number of rotatable bonds is 4. The molecule has 0 radical (unpaired) electrons. The van der Waals surface area contributed by atoms with Crippen LogP contribution in [0.2, 0.25) is 0 Å². The van der Waals surface area contributed by atoms with Gasteiger partial charge in [-0.25, -0.2) is 12.4 Å². The molecular formula is C21H21N3O4S. The van der Waals surface area contributed by atoms with E-state index in [0.717, 1.165) is 16.8 Å². The predicted octanol–water partition coefficient (Wildman–Crippen LogP) is 2.28. The molecule has 7 nitrogen and oxygen atoms in total. The van der Waals surface area contributed by atoms with Crippen molar-refractivity contribution in [2.24, 2.45) is 0 Å². The fraction of sp³-hybridized carbons (Fsp3) is 0.238. The summed E-state index contributed by atoms with van der Waals surface area (Å²) in [5.41, 5.74) is 0.629. The summed E-state index contributed by atoms with van der Waals surface area (Å²) >= 11 is 0. The van der Waals surface area contributed by atoms with Crippen molar-refractivity contribution in [2.75, 3.05) is 6.54 Å². The first-order valence-corrected chi connectivity index (χ1v) is 10.9. The van der Waals surface area contributed by atoms with Gasteiger partial charge in [-0.2, -0.15) is 0 Å². The second kappa shape index (κ2) is 7.71. The molecule has 3 aromatic rings. The van der Waals surface area contributed by atoms with Gasteiger partial charge in [0.15, 0.2) is 0 Å². The normalized spacial score (nSPS) is 17.5. The van der Waals surface area contributed by atoms with E-state index in [1.165, 1.54) is 18.3 Å². The third-order valence-electron chi connectivity index (χ3n) is 5.06. The fourth-order valence-corrected chi connectivity index (χ4v) is 4.94. The van der Waals surface area contributed by atoms with Gasteiger partial charge in [-0.1, -0.05) is 36.4 Å². The van der Waals surface area contributed by atoms with E-state index in [4.69, 9.17) is 0 Å². The van der Waals surface area contributed by atoms with Crippen LogP contribution in [0.1, 0.15) is 29.6 Å². The molecule has 2 heterocycles. The lowest BCUT2D eigenvalue weighted by molar-refractivity contribution is -0.122. The summed E-state index contributed by atoms with van der Waals surface area (Å²) in [5.74, 6) is -0.679. The molecule has 2 N–H and O–H groups in total. The summed E-state index contributed by atoms with van der Waals surface area (Å²) in [4.78, 5) is 25.3. The molecule has 2 aromatic carbocycles. The Morgan fingerprint density at radius 3 is 2.55 bits per heavy atom. The molecule has 8 heteroatoms. The molecule has 4 rings (SSSR count). The Morgan fingerprint density at radius 1 is 1.03 bits per heavy atom. The Morgan fingerprint density at radius 2 is 1.76 bits per heavy atom. The van der Waals surface area contributed by atoms with Crippen LogP contribution < -0.4 is 10.6 Å². The summed E-state index contributed by atoms with van der Waals surface area (Å²) in [6.07, 6.45) is 3.58. The smallest absolute Gasteiger partial charge is 0.268 e. The maximum atomic E-state index is 13.1. The molecule has 0 saturated carbocycles. The molecule has 29 heavy (non-hydrogen) atoms. The Hall–Kier alpha value is -3.13. The number of aromatic nitrogens is 1. The van der Waals surface area contributed by atoms with Crippen molar-refractivity contribution >= 4 is 32.7 Å². The lowest BCUT2D eigenvalue weighted by Crippen LogP contribution is -2.45. The van der Waals surface area contributed by atoms with Crippen LogP contribution in [-0.2, 0) is 14.8 Å². The summed E-state index contributed by atoms with van der Waals surface area (Å²) in [7, 11) is -3.87. The Balaban J connectivity index is 1.75. The molecule has 2 amide bonds. The summed E-state index contributed by atoms with van der Waals surface area (Å²) in [6, 6.07) is 14.3. The van der Waals surface area contributed by atoms with Gasteiger partial charge in [-0.3, -0.25) is 9.59 Å². The van der Waals surface area contributed by atoms with Crippen LogP contribution >= 0.6 is 0 Å². The largest absolute Gasteiger partial charge is 0.354 e. The molecule has 1 atom stereocenters. The number of benzene rings is 2. The minimum absolute atomic E-state index is 0.135. The number of carbonyl (C=O) groups excluding carboxylic acids is 2. The van der Waals surface area contributed by atoms with Crippen molar-refractivity contribution in [3.63, 3.8) is 0 Å².